The smallest absolute Gasteiger partial charge is 0.242 e. The van der Waals surface area contributed by atoms with Crippen LogP contribution in [0.4, 0.5) is 5.82 Å². The van der Waals surface area contributed by atoms with Crippen molar-refractivity contribution in [2.45, 2.75) is 12.6 Å². The molecule has 0 saturated heterocycles. The van der Waals surface area contributed by atoms with Crippen molar-refractivity contribution in [3.05, 3.63) is 23.7 Å². The Kier molecular flexibility index (Phi) is 2.88. The molecule has 0 saturated carbocycles. The number of nitrogen functional groups attached to an aromatic ring is 1. The summed E-state index contributed by atoms with van der Waals surface area (Å²) in [7, 11) is -3.15. The molecule has 7 nitrogen and oxygen atoms in total. The molecule has 3 N–H and O–H groups in total. The van der Waals surface area contributed by atoms with Crippen molar-refractivity contribution in [3.63, 3.8) is 0 Å². The standard InChI is InChI=1S/C9H12N4O3S/c10-8-1-3-13(12-8)5-9(14)11-7-2-4-17(15,16)6-7/h1-4,7H,5-6H2,(H2,10,12)(H,11,14). The van der Waals surface area contributed by atoms with E-state index in [1.165, 1.54) is 10.8 Å². The summed E-state index contributed by atoms with van der Waals surface area (Å²) in [5.41, 5.74) is 5.40. The summed E-state index contributed by atoms with van der Waals surface area (Å²) in [5, 5.41) is 7.55. The Hall–Kier alpha value is -1.83. The van der Waals surface area contributed by atoms with Gasteiger partial charge in [-0.05, 0) is 12.1 Å². The zero-order chi connectivity index (χ0) is 12.5. The van der Waals surface area contributed by atoms with Gasteiger partial charge in [-0.25, -0.2) is 8.42 Å². The average molecular weight is 256 g/mol. The molecule has 1 aliphatic rings. The zero-order valence-electron chi connectivity index (χ0n) is 8.91. The summed E-state index contributed by atoms with van der Waals surface area (Å²) >= 11 is 0. The highest BCUT2D eigenvalue weighted by molar-refractivity contribution is 7.94. The molecule has 17 heavy (non-hydrogen) atoms. The van der Waals surface area contributed by atoms with Crippen LogP contribution < -0.4 is 11.1 Å². The van der Waals surface area contributed by atoms with Gasteiger partial charge in [-0.1, -0.05) is 0 Å². The summed E-state index contributed by atoms with van der Waals surface area (Å²) in [4.78, 5) is 11.5. The van der Waals surface area contributed by atoms with E-state index in [-0.39, 0.29) is 18.2 Å². The first-order valence-corrected chi connectivity index (χ1v) is 6.65. The first-order valence-electron chi connectivity index (χ1n) is 4.94. The molecule has 0 aromatic carbocycles. The van der Waals surface area contributed by atoms with E-state index >= 15 is 0 Å². The quantitative estimate of drug-likeness (QED) is 0.713. The molecule has 2 heterocycles. The van der Waals surface area contributed by atoms with Crippen LogP contribution in [0, 0.1) is 0 Å². The van der Waals surface area contributed by atoms with Gasteiger partial charge in [-0.15, -0.1) is 0 Å². The molecule has 1 aliphatic heterocycles. The molecule has 1 atom stereocenters. The van der Waals surface area contributed by atoms with E-state index in [4.69, 9.17) is 5.73 Å². The highest BCUT2D eigenvalue weighted by Gasteiger charge is 2.22. The van der Waals surface area contributed by atoms with E-state index in [2.05, 4.69) is 10.4 Å². The van der Waals surface area contributed by atoms with Crippen LogP contribution in [0.25, 0.3) is 0 Å². The number of hydrogen-bond donors (Lipinski definition) is 2. The molecular formula is C9H12N4O3S. The molecule has 0 spiro atoms. The molecule has 1 aromatic rings. The van der Waals surface area contributed by atoms with Gasteiger partial charge in [0, 0.05) is 11.6 Å². The van der Waals surface area contributed by atoms with Gasteiger partial charge in [-0.3, -0.25) is 9.48 Å². The fourth-order valence-electron chi connectivity index (χ4n) is 1.53. The molecule has 2 rings (SSSR count). The van der Waals surface area contributed by atoms with Crippen molar-refractivity contribution in [1.82, 2.24) is 15.1 Å². The fraction of sp³-hybridized carbons (Fsp3) is 0.333. The Balaban J connectivity index is 1.89. The maximum absolute atomic E-state index is 11.5. The van der Waals surface area contributed by atoms with E-state index < -0.39 is 15.9 Å². The van der Waals surface area contributed by atoms with Gasteiger partial charge in [0.1, 0.15) is 12.4 Å². The first-order chi connectivity index (χ1) is 7.94. The number of nitrogens with one attached hydrogen (secondary N) is 1. The zero-order valence-corrected chi connectivity index (χ0v) is 9.72. The summed E-state index contributed by atoms with van der Waals surface area (Å²) < 4.78 is 23.6. The molecule has 92 valence electrons. The topological polar surface area (TPSA) is 107 Å². The maximum atomic E-state index is 11.5. The molecule has 1 unspecified atom stereocenters. The van der Waals surface area contributed by atoms with Crippen LogP contribution in [0.3, 0.4) is 0 Å². The highest BCUT2D eigenvalue weighted by Crippen LogP contribution is 2.07. The molecule has 8 heteroatoms. The minimum atomic E-state index is -3.15. The molecule has 1 aromatic heterocycles. The minimum Gasteiger partial charge on any atom is -0.382 e. The fourth-order valence-corrected chi connectivity index (χ4v) is 2.77. The number of sulfone groups is 1. The Morgan fingerprint density at radius 1 is 1.65 bits per heavy atom. The van der Waals surface area contributed by atoms with E-state index in [1.54, 1.807) is 12.3 Å². The Bertz CT molecular complexity index is 561. The highest BCUT2D eigenvalue weighted by atomic mass is 32.2. The molecule has 0 aliphatic carbocycles. The summed E-state index contributed by atoms with van der Waals surface area (Å²) in [5.74, 6) is -0.0547. The van der Waals surface area contributed by atoms with E-state index in [1.807, 2.05) is 0 Å². The normalized spacial score (nSPS) is 21.5. The molecule has 0 bridgehead atoms. The van der Waals surface area contributed by atoms with Gasteiger partial charge >= 0.3 is 0 Å². The third-order valence-electron chi connectivity index (χ3n) is 2.24. The number of nitrogens with two attached hydrogens (primary N) is 1. The third-order valence-corrected chi connectivity index (χ3v) is 3.64. The van der Waals surface area contributed by atoms with Crippen molar-refractivity contribution in [2.75, 3.05) is 11.5 Å². The molecule has 0 radical (unpaired) electrons. The Morgan fingerprint density at radius 3 is 2.94 bits per heavy atom. The number of nitrogens with zero attached hydrogens (tertiary/aromatic N) is 2. The van der Waals surface area contributed by atoms with Crippen LogP contribution in [-0.2, 0) is 21.2 Å². The third kappa shape index (κ3) is 3.06. The number of carbonyl (C=O) groups excluding carboxylic acids is 1. The van der Waals surface area contributed by atoms with Gasteiger partial charge in [0.25, 0.3) is 0 Å². The minimum absolute atomic E-state index is 0.0155. The predicted molar refractivity (Wildman–Crippen MR) is 61.5 cm³/mol. The summed E-state index contributed by atoms with van der Waals surface area (Å²) in [6.07, 6.45) is 3.04. The van der Waals surface area contributed by atoms with E-state index in [0.29, 0.717) is 5.82 Å². The first kappa shape index (κ1) is 11.6. The van der Waals surface area contributed by atoms with E-state index in [9.17, 15) is 13.2 Å². The lowest BCUT2D eigenvalue weighted by atomic mass is 10.3. The second-order valence-electron chi connectivity index (χ2n) is 3.77. The summed E-state index contributed by atoms with van der Waals surface area (Å²) in [6.45, 7) is 0.0155. The van der Waals surface area contributed by atoms with Crippen LogP contribution in [0.15, 0.2) is 23.7 Å². The second-order valence-corrected chi connectivity index (χ2v) is 5.70. The molecule has 1 amide bonds. The predicted octanol–water partition coefficient (Wildman–Crippen LogP) is -1.11. The van der Waals surface area contributed by atoms with Crippen molar-refractivity contribution in [3.8, 4) is 0 Å². The molecular weight excluding hydrogens is 244 g/mol. The lowest BCUT2D eigenvalue weighted by Gasteiger charge is -2.09. The van der Waals surface area contributed by atoms with Gasteiger partial charge < -0.3 is 11.1 Å². The van der Waals surface area contributed by atoms with Gasteiger partial charge in [-0.2, -0.15) is 5.10 Å². The summed E-state index contributed by atoms with van der Waals surface area (Å²) in [6, 6.07) is 1.12. The maximum Gasteiger partial charge on any atom is 0.242 e. The number of anilines is 1. The SMILES string of the molecule is Nc1ccn(CC(=O)NC2C=CS(=O)(=O)C2)n1. The number of rotatable bonds is 3. The van der Waals surface area contributed by atoms with Gasteiger partial charge in [0.05, 0.1) is 11.8 Å². The largest absolute Gasteiger partial charge is 0.382 e. The van der Waals surface area contributed by atoms with Crippen LogP contribution in [-0.4, -0.2) is 35.9 Å². The van der Waals surface area contributed by atoms with Gasteiger partial charge in [0.2, 0.25) is 5.91 Å². The Labute approximate surface area is 98.2 Å². The Morgan fingerprint density at radius 2 is 2.41 bits per heavy atom. The van der Waals surface area contributed by atoms with Crippen molar-refractivity contribution in [2.24, 2.45) is 0 Å². The molecule has 0 fully saturated rings. The number of aromatic nitrogens is 2. The van der Waals surface area contributed by atoms with Crippen LogP contribution in [0.1, 0.15) is 0 Å². The number of carbonyl (C=O) groups is 1. The van der Waals surface area contributed by atoms with Crippen LogP contribution in [0.5, 0.6) is 0 Å². The van der Waals surface area contributed by atoms with Crippen molar-refractivity contribution < 1.29 is 13.2 Å². The van der Waals surface area contributed by atoms with Crippen molar-refractivity contribution in [1.29, 1.82) is 0 Å². The van der Waals surface area contributed by atoms with Crippen LogP contribution in [0.2, 0.25) is 0 Å². The second kappa shape index (κ2) is 4.21. The average Bonchev–Trinajstić information content (AvgIpc) is 2.73. The lowest BCUT2D eigenvalue weighted by Crippen LogP contribution is -2.37. The lowest BCUT2D eigenvalue weighted by molar-refractivity contribution is -0.122. The van der Waals surface area contributed by atoms with Gasteiger partial charge in [0.15, 0.2) is 9.84 Å². The van der Waals surface area contributed by atoms with Crippen LogP contribution >= 0.6 is 0 Å². The number of hydrogen-bond acceptors (Lipinski definition) is 5. The van der Waals surface area contributed by atoms with Crippen molar-refractivity contribution >= 4 is 21.6 Å². The number of amides is 1. The monoisotopic (exact) mass is 256 g/mol. The van der Waals surface area contributed by atoms with E-state index in [0.717, 1.165) is 5.41 Å².